The quantitative estimate of drug-likeness (QED) is 0.729. The molecular formula is C13H27NOS. The smallest absolute Gasteiger partial charge is 0.0506 e. The summed E-state index contributed by atoms with van der Waals surface area (Å²) in [4.78, 5) is 0. The highest BCUT2D eigenvalue weighted by atomic mass is 32.2. The molecule has 0 bridgehead atoms. The average Bonchev–Trinajstić information content (AvgIpc) is 2.53. The summed E-state index contributed by atoms with van der Waals surface area (Å²) in [7, 11) is 1.37. The number of hydrogen-bond acceptors (Lipinski definition) is 2. The van der Waals surface area contributed by atoms with Crippen LogP contribution in [0.2, 0.25) is 0 Å². The molecule has 96 valence electrons. The molecule has 0 amide bonds. The summed E-state index contributed by atoms with van der Waals surface area (Å²) in [6, 6.07) is 0.426. The second-order valence-corrected chi connectivity index (χ2v) is 7.40. The van der Waals surface area contributed by atoms with Crippen molar-refractivity contribution in [1.82, 2.24) is 5.32 Å². The van der Waals surface area contributed by atoms with Gasteiger partial charge in [0.1, 0.15) is 0 Å². The predicted octanol–water partition coefficient (Wildman–Crippen LogP) is 2.70. The van der Waals surface area contributed by atoms with Gasteiger partial charge in [0.2, 0.25) is 0 Å². The van der Waals surface area contributed by atoms with Crippen LogP contribution in [0.3, 0.4) is 0 Å². The van der Waals surface area contributed by atoms with Crippen molar-refractivity contribution < 1.29 is 4.21 Å². The van der Waals surface area contributed by atoms with Gasteiger partial charge in [0.25, 0.3) is 0 Å². The van der Waals surface area contributed by atoms with Crippen molar-refractivity contribution in [2.45, 2.75) is 64.2 Å². The van der Waals surface area contributed by atoms with E-state index in [0.717, 1.165) is 18.6 Å². The van der Waals surface area contributed by atoms with E-state index >= 15 is 0 Å². The monoisotopic (exact) mass is 245 g/mol. The minimum Gasteiger partial charge on any atom is -0.315 e. The second-order valence-electron chi connectivity index (χ2n) is 5.62. The lowest BCUT2D eigenvalue weighted by Crippen LogP contribution is -2.44. The molecule has 0 aromatic carbocycles. The molecule has 1 rings (SSSR count). The van der Waals surface area contributed by atoms with Gasteiger partial charge < -0.3 is 5.32 Å². The Morgan fingerprint density at radius 2 is 2.06 bits per heavy atom. The fourth-order valence-corrected chi connectivity index (χ4v) is 4.83. The van der Waals surface area contributed by atoms with E-state index in [0.29, 0.717) is 16.7 Å². The average molecular weight is 245 g/mol. The zero-order valence-electron chi connectivity index (χ0n) is 11.2. The zero-order valence-corrected chi connectivity index (χ0v) is 12.0. The summed E-state index contributed by atoms with van der Waals surface area (Å²) >= 11 is 0. The molecule has 3 unspecified atom stereocenters. The molecule has 0 spiro atoms. The Hall–Kier alpha value is 0.110. The van der Waals surface area contributed by atoms with E-state index < -0.39 is 10.8 Å². The van der Waals surface area contributed by atoms with Gasteiger partial charge in [-0.05, 0) is 31.7 Å². The Morgan fingerprint density at radius 1 is 1.38 bits per heavy atom. The molecule has 1 aliphatic rings. The lowest BCUT2D eigenvalue weighted by atomic mass is 9.87. The van der Waals surface area contributed by atoms with Gasteiger partial charge in [-0.2, -0.15) is 0 Å². The Kier molecular flexibility index (Phi) is 5.45. The van der Waals surface area contributed by atoms with Gasteiger partial charge >= 0.3 is 0 Å². The minimum absolute atomic E-state index is 0.305. The van der Waals surface area contributed by atoms with Crippen LogP contribution in [0.25, 0.3) is 0 Å². The number of hydrogen-bond donors (Lipinski definition) is 1. The molecule has 16 heavy (non-hydrogen) atoms. The van der Waals surface area contributed by atoms with Gasteiger partial charge in [-0.3, -0.25) is 4.21 Å². The van der Waals surface area contributed by atoms with Crippen LogP contribution in [0.15, 0.2) is 0 Å². The Balaban J connectivity index is 2.50. The lowest BCUT2D eigenvalue weighted by Gasteiger charge is -2.30. The molecule has 0 aromatic rings. The first-order valence-electron chi connectivity index (χ1n) is 6.57. The topological polar surface area (TPSA) is 29.1 Å². The van der Waals surface area contributed by atoms with Gasteiger partial charge in [-0.15, -0.1) is 0 Å². The number of unbranched alkanes of at least 4 members (excludes halogenated alkanes) is 2. The zero-order chi connectivity index (χ0) is 12.2. The van der Waals surface area contributed by atoms with Gasteiger partial charge in [0.05, 0.1) is 5.25 Å². The highest BCUT2D eigenvalue weighted by Gasteiger charge is 2.43. The van der Waals surface area contributed by atoms with Gasteiger partial charge in [-0.1, -0.05) is 33.6 Å². The van der Waals surface area contributed by atoms with E-state index in [1.807, 2.05) is 7.05 Å². The van der Waals surface area contributed by atoms with Crippen LogP contribution in [0, 0.1) is 5.41 Å². The SMILES string of the molecule is CCCCCS(=O)C1CCC(C)(C)C1NC. The maximum absolute atomic E-state index is 12.2. The van der Waals surface area contributed by atoms with E-state index in [9.17, 15) is 4.21 Å². The van der Waals surface area contributed by atoms with Crippen LogP contribution in [0.4, 0.5) is 0 Å². The molecule has 1 N–H and O–H groups in total. The fourth-order valence-electron chi connectivity index (χ4n) is 2.85. The summed E-state index contributed by atoms with van der Waals surface area (Å²) in [5.74, 6) is 0.896. The fraction of sp³-hybridized carbons (Fsp3) is 1.00. The van der Waals surface area contributed by atoms with Crippen molar-refractivity contribution in [1.29, 1.82) is 0 Å². The number of rotatable bonds is 6. The summed E-state index contributed by atoms with van der Waals surface area (Å²) in [6.07, 6.45) is 5.87. The van der Waals surface area contributed by atoms with Gasteiger partial charge in [-0.25, -0.2) is 0 Å². The van der Waals surface area contributed by atoms with Crippen LogP contribution < -0.4 is 5.32 Å². The van der Waals surface area contributed by atoms with E-state index in [2.05, 4.69) is 26.1 Å². The molecule has 2 nitrogen and oxygen atoms in total. The highest BCUT2D eigenvalue weighted by molar-refractivity contribution is 7.85. The van der Waals surface area contributed by atoms with Crippen LogP contribution in [-0.2, 0) is 10.8 Å². The maximum Gasteiger partial charge on any atom is 0.0506 e. The van der Waals surface area contributed by atoms with Crippen LogP contribution >= 0.6 is 0 Å². The van der Waals surface area contributed by atoms with E-state index in [-0.39, 0.29) is 0 Å². The predicted molar refractivity (Wildman–Crippen MR) is 72.2 cm³/mol. The van der Waals surface area contributed by atoms with Gasteiger partial charge in [0.15, 0.2) is 0 Å². The summed E-state index contributed by atoms with van der Waals surface area (Å²) < 4.78 is 12.2. The lowest BCUT2D eigenvalue weighted by molar-refractivity contribution is 0.299. The molecule has 0 aromatic heterocycles. The molecule has 0 aliphatic heterocycles. The summed E-state index contributed by atoms with van der Waals surface area (Å²) in [5.41, 5.74) is 0.305. The first-order valence-corrected chi connectivity index (χ1v) is 7.95. The van der Waals surface area contributed by atoms with Crippen LogP contribution in [0.1, 0.15) is 52.9 Å². The standard InChI is InChI=1S/C13H27NOS/c1-5-6-7-10-16(15)11-8-9-13(2,3)12(11)14-4/h11-12,14H,5-10H2,1-4H3. The molecule has 1 saturated carbocycles. The van der Waals surface area contributed by atoms with Crippen LogP contribution in [0.5, 0.6) is 0 Å². The summed E-state index contributed by atoms with van der Waals surface area (Å²) in [5, 5.41) is 3.75. The third-order valence-corrected chi connectivity index (χ3v) is 5.76. The first kappa shape index (κ1) is 14.2. The third-order valence-electron chi connectivity index (χ3n) is 3.88. The normalized spacial score (nSPS) is 30.5. The highest BCUT2D eigenvalue weighted by Crippen LogP contribution is 2.39. The molecule has 3 atom stereocenters. The van der Waals surface area contributed by atoms with Gasteiger partial charge in [0, 0.05) is 22.6 Å². The maximum atomic E-state index is 12.2. The first-order chi connectivity index (χ1) is 7.53. The van der Waals surface area contributed by atoms with E-state index in [1.165, 1.54) is 19.3 Å². The van der Waals surface area contributed by atoms with Crippen LogP contribution in [-0.4, -0.2) is 28.3 Å². The van der Waals surface area contributed by atoms with Crippen molar-refractivity contribution in [2.75, 3.05) is 12.8 Å². The third kappa shape index (κ3) is 3.30. The van der Waals surface area contributed by atoms with Crippen molar-refractivity contribution >= 4 is 10.8 Å². The largest absolute Gasteiger partial charge is 0.315 e. The summed E-state index contributed by atoms with van der Waals surface area (Å²) in [6.45, 7) is 6.77. The van der Waals surface area contributed by atoms with Crippen molar-refractivity contribution in [2.24, 2.45) is 5.41 Å². The van der Waals surface area contributed by atoms with Crippen molar-refractivity contribution in [3.8, 4) is 0 Å². The van der Waals surface area contributed by atoms with Crippen molar-refractivity contribution in [3.63, 3.8) is 0 Å². The molecule has 1 aliphatic carbocycles. The Morgan fingerprint density at radius 3 is 2.62 bits per heavy atom. The van der Waals surface area contributed by atoms with E-state index in [4.69, 9.17) is 0 Å². The molecule has 0 heterocycles. The molecular weight excluding hydrogens is 218 g/mol. The molecule has 1 fully saturated rings. The number of nitrogens with one attached hydrogen (secondary N) is 1. The van der Waals surface area contributed by atoms with E-state index in [1.54, 1.807) is 0 Å². The molecule has 3 heteroatoms. The van der Waals surface area contributed by atoms with Crippen molar-refractivity contribution in [3.05, 3.63) is 0 Å². The molecule has 0 radical (unpaired) electrons. The molecule has 0 saturated heterocycles. The second kappa shape index (κ2) is 6.15. The minimum atomic E-state index is -0.636. The Bertz CT molecular complexity index is 240. The Labute approximate surface area is 103 Å².